The molecule has 0 aliphatic carbocycles. The van der Waals surface area contributed by atoms with Gasteiger partial charge in [0, 0.05) is 12.7 Å². The fraction of sp³-hybridized carbons (Fsp3) is 0.455. The van der Waals surface area contributed by atoms with Gasteiger partial charge in [-0.1, -0.05) is 6.92 Å². The largest absolute Gasteiger partial charge is 0.513 e. The lowest BCUT2D eigenvalue weighted by molar-refractivity contribution is 0.104. The molecule has 1 N–H and O–H groups in total. The summed E-state index contributed by atoms with van der Waals surface area (Å²) in [6.45, 7) is 4.83. The molecule has 1 aromatic heterocycles. The van der Waals surface area contributed by atoms with Gasteiger partial charge in [0.25, 0.3) is 0 Å². The van der Waals surface area contributed by atoms with Gasteiger partial charge >= 0.3 is 6.16 Å². The van der Waals surface area contributed by atoms with Gasteiger partial charge in [0.15, 0.2) is 11.6 Å². The first kappa shape index (κ1) is 12.3. The average Bonchev–Trinajstić information content (AvgIpc) is 2.28. The molecule has 0 spiro atoms. The van der Waals surface area contributed by atoms with Gasteiger partial charge in [0.1, 0.15) is 0 Å². The van der Waals surface area contributed by atoms with E-state index < -0.39 is 6.16 Å². The summed E-state index contributed by atoms with van der Waals surface area (Å²) in [4.78, 5) is 15.2. The van der Waals surface area contributed by atoms with Crippen LogP contribution in [0.15, 0.2) is 18.3 Å². The predicted molar refractivity (Wildman–Crippen MR) is 60.7 cm³/mol. The van der Waals surface area contributed by atoms with Crippen LogP contribution in [0, 0.1) is 0 Å². The normalized spacial score (nSPS) is 9.62. The Labute approximate surface area is 94.8 Å². The predicted octanol–water partition coefficient (Wildman–Crippen LogP) is 2.44. The Morgan fingerprint density at radius 1 is 1.50 bits per heavy atom. The van der Waals surface area contributed by atoms with Crippen molar-refractivity contribution in [1.29, 1.82) is 0 Å². The molecular weight excluding hydrogens is 208 g/mol. The molecule has 1 heterocycles. The molecule has 0 bridgehead atoms. The summed E-state index contributed by atoms with van der Waals surface area (Å²) in [5.41, 5.74) is 0. The molecule has 1 rings (SSSR count). The van der Waals surface area contributed by atoms with Crippen LogP contribution >= 0.6 is 0 Å². The van der Waals surface area contributed by atoms with Crippen molar-refractivity contribution >= 4 is 12.0 Å². The number of nitrogens with one attached hydrogen (secondary N) is 1. The number of hydrogen-bond acceptors (Lipinski definition) is 5. The summed E-state index contributed by atoms with van der Waals surface area (Å²) in [5, 5.41) is 3.07. The lowest BCUT2D eigenvalue weighted by atomic mass is 10.4. The summed E-state index contributed by atoms with van der Waals surface area (Å²) in [6, 6.07) is 3.37. The van der Waals surface area contributed by atoms with Crippen LogP contribution in [0.4, 0.5) is 10.6 Å². The van der Waals surface area contributed by atoms with Crippen LogP contribution in [0.3, 0.4) is 0 Å². The fourth-order valence-corrected chi connectivity index (χ4v) is 1.09. The summed E-state index contributed by atoms with van der Waals surface area (Å²) in [7, 11) is 0. The maximum Gasteiger partial charge on any atom is 0.513 e. The molecule has 88 valence electrons. The van der Waals surface area contributed by atoms with Crippen LogP contribution in [-0.2, 0) is 4.74 Å². The van der Waals surface area contributed by atoms with Gasteiger partial charge in [-0.05, 0) is 25.5 Å². The zero-order valence-electron chi connectivity index (χ0n) is 9.53. The van der Waals surface area contributed by atoms with Crippen molar-refractivity contribution in [2.75, 3.05) is 18.5 Å². The second-order valence-electron chi connectivity index (χ2n) is 3.06. The highest BCUT2D eigenvalue weighted by Crippen LogP contribution is 2.21. The molecule has 5 nitrogen and oxygen atoms in total. The van der Waals surface area contributed by atoms with E-state index in [4.69, 9.17) is 4.74 Å². The van der Waals surface area contributed by atoms with Crippen molar-refractivity contribution in [3.8, 4) is 5.75 Å². The summed E-state index contributed by atoms with van der Waals surface area (Å²) in [5.74, 6) is 0.937. The van der Waals surface area contributed by atoms with E-state index >= 15 is 0 Å². The van der Waals surface area contributed by atoms with Crippen molar-refractivity contribution in [1.82, 2.24) is 4.98 Å². The molecule has 0 atom stereocenters. The SMILES string of the molecule is CCCNc1ncccc1OC(=O)OCC. The number of carbonyl (C=O) groups excluding carboxylic acids is 1. The average molecular weight is 224 g/mol. The molecule has 0 aromatic carbocycles. The maximum atomic E-state index is 11.1. The molecule has 0 aliphatic heterocycles. The number of pyridine rings is 1. The van der Waals surface area contributed by atoms with Gasteiger partial charge in [0.2, 0.25) is 0 Å². The zero-order chi connectivity index (χ0) is 11.8. The Kier molecular flexibility index (Phi) is 5.11. The number of hydrogen-bond donors (Lipinski definition) is 1. The van der Waals surface area contributed by atoms with E-state index in [1.165, 1.54) is 0 Å². The van der Waals surface area contributed by atoms with Gasteiger partial charge in [-0.15, -0.1) is 0 Å². The summed E-state index contributed by atoms with van der Waals surface area (Å²) < 4.78 is 9.69. The molecule has 0 saturated carbocycles. The Morgan fingerprint density at radius 2 is 2.31 bits per heavy atom. The smallest absolute Gasteiger partial charge is 0.434 e. The van der Waals surface area contributed by atoms with E-state index in [9.17, 15) is 4.79 Å². The molecule has 0 fully saturated rings. The molecule has 5 heteroatoms. The van der Waals surface area contributed by atoms with Gasteiger partial charge in [-0.2, -0.15) is 0 Å². The van der Waals surface area contributed by atoms with Crippen molar-refractivity contribution in [2.45, 2.75) is 20.3 Å². The molecule has 0 aliphatic rings. The Hall–Kier alpha value is -1.78. The molecule has 16 heavy (non-hydrogen) atoms. The second-order valence-corrected chi connectivity index (χ2v) is 3.06. The molecule has 0 amide bonds. The monoisotopic (exact) mass is 224 g/mol. The van der Waals surface area contributed by atoms with E-state index in [0.717, 1.165) is 13.0 Å². The first-order valence-electron chi connectivity index (χ1n) is 5.31. The van der Waals surface area contributed by atoms with Crippen molar-refractivity contribution in [2.24, 2.45) is 0 Å². The number of anilines is 1. The fourth-order valence-electron chi connectivity index (χ4n) is 1.09. The zero-order valence-corrected chi connectivity index (χ0v) is 9.53. The second kappa shape index (κ2) is 6.66. The van der Waals surface area contributed by atoms with Crippen LogP contribution in [0.5, 0.6) is 5.75 Å². The minimum atomic E-state index is -0.713. The minimum absolute atomic E-state index is 0.289. The minimum Gasteiger partial charge on any atom is -0.434 e. The van der Waals surface area contributed by atoms with Crippen molar-refractivity contribution in [3.63, 3.8) is 0 Å². The first-order chi connectivity index (χ1) is 7.77. The van der Waals surface area contributed by atoms with Crippen LogP contribution in [0.25, 0.3) is 0 Å². The van der Waals surface area contributed by atoms with Crippen LogP contribution < -0.4 is 10.1 Å². The Bertz CT molecular complexity index is 342. The maximum absolute atomic E-state index is 11.1. The molecule has 0 radical (unpaired) electrons. The third-order valence-electron chi connectivity index (χ3n) is 1.77. The number of carbonyl (C=O) groups is 1. The summed E-state index contributed by atoms with van der Waals surface area (Å²) >= 11 is 0. The van der Waals surface area contributed by atoms with Gasteiger partial charge in [0.05, 0.1) is 6.61 Å². The quantitative estimate of drug-likeness (QED) is 0.778. The lowest BCUT2D eigenvalue weighted by Gasteiger charge is -2.09. The van der Waals surface area contributed by atoms with Crippen LogP contribution in [0.2, 0.25) is 0 Å². The third kappa shape index (κ3) is 3.76. The molecule has 1 aromatic rings. The number of ether oxygens (including phenoxy) is 2. The van der Waals surface area contributed by atoms with E-state index in [1.807, 2.05) is 6.92 Å². The number of nitrogens with zero attached hydrogens (tertiary/aromatic N) is 1. The van der Waals surface area contributed by atoms with E-state index in [-0.39, 0.29) is 6.61 Å². The van der Waals surface area contributed by atoms with Crippen molar-refractivity contribution in [3.05, 3.63) is 18.3 Å². The topological polar surface area (TPSA) is 60.5 Å². The van der Waals surface area contributed by atoms with E-state index in [1.54, 1.807) is 25.3 Å². The first-order valence-corrected chi connectivity index (χ1v) is 5.31. The van der Waals surface area contributed by atoms with E-state index in [0.29, 0.717) is 11.6 Å². The van der Waals surface area contributed by atoms with E-state index in [2.05, 4.69) is 15.0 Å². The molecule has 0 unspecified atom stereocenters. The highest BCUT2D eigenvalue weighted by Gasteiger charge is 2.09. The highest BCUT2D eigenvalue weighted by atomic mass is 16.7. The van der Waals surface area contributed by atoms with Crippen LogP contribution in [0.1, 0.15) is 20.3 Å². The summed E-state index contributed by atoms with van der Waals surface area (Å²) in [6.07, 6.45) is 1.89. The highest BCUT2D eigenvalue weighted by molar-refractivity contribution is 5.67. The van der Waals surface area contributed by atoms with Gasteiger partial charge in [-0.3, -0.25) is 0 Å². The van der Waals surface area contributed by atoms with Gasteiger partial charge < -0.3 is 14.8 Å². The number of aromatic nitrogens is 1. The Balaban J connectivity index is 2.66. The number of rotatable bonds is 5. The molecule has 0 saturated heterocycles. The van der Waals surface area contributed by atoms with Crippen LogP contribution in [-0.4, -0.2) is 24.3 Å². The third-order valence-corrected chi connectivity index (χ3v) is 1.77. The lowest BCUT2D eigenvalue weighted by Crippen LogP contribution is -2.12. The Morgan fingerprint density at radius 3 is 3.00 bits per heavy atom. The molecular formula is C11H16N2O3. The van der Waals surface area contributed by atoms with Crippen molar-refractivity contribution < 1.29 is 14.3 Å². The standard InChI is InChI=1S/C11H16N2O3/c1-3-7-12-10-9(6-5-8-13-10)16-11(14)15-4-2/h5-6,8H,3-4,7H2,1-2H3,(H,12,13). The van der Waals surface area contributed by atoms with Gasteiger partial charge in [-0.25, -0.2) is 9.78 Å².